The van der Waals surface area contributed by atoms with Crippen molar-refractivity contribution in [2.75, 3.05) is 39.5 Å². The summed E-state index contributed by atoms with van der Waals surface area (Å²) in [7, 11) is 0. The first kappa shape index (κ1) is 18.6. The molecule has 0 atom stereocenters. The molecule has 0 bridgehead atoms. The molecule has 2 fully saturated rings. The van der Waals surface area contributed by atoms with Gasteiger partial charge in [0.1, 0.15) is 11.6 Å². The topological polar surface area (TPSA) is 59.1 Å². The fourth-order valence-corrected chi connectivity index (χ4v) is 3.83. The van der Waals surface area contributed by atoms with E-state index in [2.05, 4.69) is 0 Å². The normalized spacial score (nSPS) is 19.9. The van der Waals surface area contributed by atoms with Crippen LogP contribution in [0.3, 0.4) is 0 Å². The Hall–Kier alpha value is -2.15. The number of nitrogens with zero attached hydrogens (tertiary/aromatic N) is 2. The first-order valence-electron chi connectivity index (χ1n) is 9.02. The maximum Gasteiger partial charge on any atom is 0.260 e. The fraction of sp³-hybridized carbons (Fsp3) is 0.579. The number of rotatable bonds is 3. The van der Waals surface area contributed by atoms with E-state index < -0.39 is 0 Å². The average molecular weight is 364 g/mol. The second-order valence-electron chi connectivity index (χ2n) is 6.88. The third kappa shape index (κ3) is 4.15. The summed E-state index contributed by atoms with van der Waals surface area (Å²) in [6, 6.07) is 5.59. The molecule has 1 spiro atoms. The SMILES string of the molecule is CC(=O)N1CCN(C(=O)COc2ccc(F)cc2)CCC12CCOCC2. The van der Waals surface area contributed by atoms with Crippen LogP contribution in [0.25, 0.3) is 0 Å². The molecule has 0 saturated carbocycles. The highest BCUT2D eigenvalue weighted by Crippen LogP contribution is 2.33. The van der Waals surface area contributed by atoms with Gasteiger partial charge >= 0.3 is 0 Å². The highest BCUT2D eigenvalue weighted by atomic mass is 19.1. The molecular formula is C19H25FN2O4. The second kappa shape index (κ2) is 8.03. The predicted octanol–water partition coefficient (Wildman–Crippen LogP) is 1.83. The number of carbonyl (C=O) groups excluding carboxylic acids is 2. The van der Waals surface area contributed by atoms with Crippen molar-refractivity contribution in [3.8, 4) is 5.75 Å². The van der Waals surface area contributed by atoms with E-state index in [1.807, 2.05) is 4.90 Å². The molecule has 142 valence electrons. The molecule has 1 aromatic rings. The van der Waals surface area contributed by atoms with Crippen LogP contribution in [-0.2, 0) is 14.3 Å². The van der Waals surface area contributed by atoms with Gasteiger partial charge < -0.3 is 19.3 Å². The van der Waals surface area contributed by atoms with Gasteiger partial charge in [0.05, 0.1) is 0 Å². The van der Waals surface area contributed by atoms with Crippen LogP contribution in [0.2, 0.25) is 0 Å². The molecule has 2 aliphatic rings. The molecule has 0 radical (unpaired) electrons. The van der Waals surface area contributed by atoms with Crippen LogP contribution >= 0.6 is 0 Å². The third-order valence-electron chi connectivity index (χ3n) is 5.35. The van der Waals surface area contributed by atoms with E-state index >= 15 is 0 Å². The van der Waals surface area contributed by atoms with Crippen molar-refractivity contribution in [3.63, 3.8) is 0 Å². The van der Waals surface area contributed by atoms with Crippen molar-refractivity contribution in [3.05, 3.63) is 30.1 Å². The Morgan fingerprint density at radius 3 is 2.46 bits per heavy atom. The largest absolute Gasteiger partial charge is 0.484 e. The van der Waals surface area contributed by atoms with Crippen molar-refractivity contribution in [2.45, 2.75) is 31.7 Å². The third-order valence-corrected chi connectivity index (χ3v) is 5.35. The van der Waals surface area contributed by atoms with Gasteiger partial charge in [0, 0.05) is 45.3 Å². The number of ether oxygens (including phenoxy) is 2. The summed E-state index contributed by atoms with van der Waals surface area (Å²) in [6.45, 7) is 4.39. The molecule has 0 unspecified atom stereocenters. The Labute approximate surface area is 152 Å². The number of carbonyl (C=O) groups is 2. The van der Waals surface area contributed by atoms with Gasteiger partial charge in [0.25, 0.3) is 5.91 Å². The molecule has 26 heavy (non-hydrogen) atoms. The predicted molar refractivity (Wildman–Crippen MR) is 93.3 cm³/mol. The molecule has 0 aromatic heterocycles. The zero-order valence-corrected chi connectivity index (χ0v) is 15.1. The monoisotopic (exact) mass is 364 g/mol. The van der Waals surface area contributed by atoms with Crippen LogP contribution in [0.4, 0.5) is 4.39 Å². The lowest BCUT2D eigenvalue weighted by molar-refractivity contribution is -0.139. The van der Waals surface area contributed by atoms with Crippen LogP contribution < -0.4 is 4.74 Å². The summed E-state index contributed by atoms with van der Waals surface area (Å²) < 4.78 is 23.9. The summed E-state index contributed by atoms with van der Waals surface area (Å²) in [5.41, 5.74) is -0.211. The summed E-state index contributed by atoms with van der Waals surface area (Å²) in [5.74, 6) is 0.0359. The summed E-state index contributed by atoms with van der Waals surface area (Å²) in [4.78, 5) is 28.4. The minimum absolute atomic E-state index is 0.0451. The van der Waals surface area contributed by atoms with E-state index in [0.29, 0.717) is 38.6 Å². The molecule has 0 aliphatic carbocycles. The number of hydrogen-bond donors (Lipinski definition) is 0. The Morgan fingerprint density at radius 2 is 1.81 bits per heavy atom. The Balaban J connectivity index is 1.61. The Morgan fingerprint density at radius 1 is 1.12 bits per heavy atom. The van der Waals surface area contributed by atoms with E-state index in [1.165, 1.54) is 24.3 Å². The first-order chi connectivity index (χ1) is 12.5. The van der Waals surface area contributed by atoms with E-state index in [-0.39, 0.29) is 29.8 Å². The van der Waals surface area contributed by atoms with Crippen LogP contribution in [0, 0.1) is 5.82 Å². The quantitative estimate of drug-likeness (QED) is 0.821. The van der Waals surface area contributed by atoms with Gasteiger partial charge in [0.2, 0.25) is 5.91 Å². The summed E-state index contributed by atoms with van der Waals surface area (Å²) >= 11 is 0. The van der Waals surface area contributed by atoms with Crippen LogP contribution in [0.15, 0.2) is 24.3 Å². The van der Waals surface area contributed by atoms with Gasteiger partial charge in [-0.1, -0.05) is 0 Å². The maximum absolute atomic E-state index is 12.9. The molecule has 3 rings (SSSR count). The smallest absolute Gasteiger partial charge is 0.260 e. The van der Waals surface area contributed by atoms with Gasteiger partial charge in [-0.25, -0.2) is 4.39 Å². The Bertz CT molecular complexity index is 643. The molecule has 2 amide bonds. The number of halogens is 1. The number of hydrogen-bond acceptors (Lipinski definition) is 4. The van der Waals surface area contributed by atoms with Crippen LogP contribution in [0.1, 0.15) is 26.2 Å². The van der Waals surface area contributed by atoms with E-state index in [0.717, 1.165) is 19.3 Å². The lowest BCUT2D eigenvalue weighted by Gasteiger charge is -2.44. The van der Waals surface area contributed by atoms with Crippen LogP contribution in [0.5, 0.6) is 5.75 Å². The zero-order valence-electron chi connectivity index (χ0n) is 15.1. The summed E-state index contributed by atoms with van der Waals surface area (Å²) in [6.07, 6.45) is 2.36. The van der Waals surface area contributed by atoms with Gasteiger partial charge in [0.15, 0.2) is 6.61 Å². The lowest BCUT2D eigenvalue weighted by atomic mass is 9.84. The van der Waals surface area contributed by atoms with Gasteiger partial charge in [-0.2, -0.15) is 0 Å². The van der Waals surface area contributed by atoms with Gasteiger partial charge in [-0.15, -0.1) is 0 Å². The van der Waals surface area contributed by atoms with Crippen molar-refractivity contribution in [1.29, 1.82) is 0 Å². The highest BCUT2D eigenvalue weighted by Gasteiger charge is 2.42. The number of benzene rings is 1. The maximum atomic E-state index is 12.9. The lowest BCUT2D eigenvalue weighted by Crippen LogP contribution is -2.54. The number of amides is 2. The molecular weight excluding hydrogens is 339 g/mol. The molecule has 2 heterocycles. The average Bonchev–Trinajstić information content (AvgIpc) is 2.82. The minimum Gasteiger partial charge on any atom is -0.484 e. The first-order valence-corrected chi connectivity index (χ1v) is 9.02. The van der Waals surface area contributed by atoms with Gasteiger partial charge in [-0.3, -0.25) is 9.59 Å². The van der Waals surface area contributed by atoms with E-state index in [1.54, 1.807) is 11.8 Å². The van der Waals surface area contributed by atoms with E-state index in [9.17, 15) is 14.0 Å². The van der Waals surface area contributed by atoms with Crippen LogP contribution in [-0.4, -0.2) is 66.6 Å². The van der Waals surface area contributed by atoms with Gasteiger partial charge in [-0.05, 0) is 43.5 Å². The second-order valence-corrected chi connectivity index (χ2v) is 6.88. The molecule has 2 aliphatic heterocycles. The molecule has 1 aromatic carbocycles. The van der Waals surface area contributed by atoms with E-state index in [4.69, 9.17) is 9.47 Å². The zero-order chi connectivity index (χ0) is 18.6. The molecule has 6 nitrogen and oxygen atoms in total. The fourth-order valence-electron chi connectivity index (χ4n) is 3.83. The highest BCUT2D eigenvalue weighted by molar-refractivity contribution is 5.78. The molecule has 2 saturated heterocycles. The van der Waals surface area contributed by atoms with Crippen molar-refractivity contribution < 1.29 is 23.5 Å². The Kier molecular flexibility index (Phi) is 5.76. The molecule has 0 N–H and O–H groups in total. The molecule has 7 heteroatoms. The van der Waals surface area contributed by atoms with Crippen molar-refractivity contribution in [2.24, 2.45) is 0 Å². The standard InChI is InChI=1S/C19H25FN2O4/c1-15(23)22-11-10-21(9-6-19(22)7-12-25-13-8-19)18(24)14-26-17-4-2-16(20)3-5-17/h2-5H,6-14H2,1H3. The minimum atomic E-state index is -0.345. The summed E-state index contributed by atoms with van der Waals surface area (Å²) in [5, 5.41) is 0. The van der Waals surface area contributed by atoms with Crippen molar-refractivity contribution in [1.82, 2.24) is 9.80 Å². The van der Waals surface area contributed by atoms with Crippen molar-refractivity contribution >= 4 is 11.8 Å².